The van der Waals surface area contributed by atoms with Gasteiger partial charge in [0.25, 0.3) is 6.43 Å². The Bertz CT molecular complexity index is 396. The smallest absolute Gasteiger partial charge is 0.356 e. The van der Waals surface area contributed by atoms with Crippen molar-refractivity contribution in [3.8, 4) is 0 Å². The van der Waals surface area contributed by atoms with Crippen LogP contribution in [0.3, 0.4) is 0 Å². The van der Waals surface area contributed by atoms with Gasteiger partial charge in [-0.1, -0.05) is 11.6 Å². The van der Waals surface area contributed by atoms with Gasteiger partial charge in [0.1, 0.15) is 11.4 Å². The van der Waals surface area contributed by atoms with E-state index in [1.807, 2.05) is 0 Å². The maximum absolute atomic E-state index is 12.5. The number of carbonyl (C=O) groups excluding carboxylic acids is 1. The zero-order chi connectivity index (χ0) is 11.6. The van der Waals surface area contributed by atoms with Gasteiger partial charge in [-0.15, -0.1) is 0 Å². The molecule has 0 saturated carbocycles. The average molecular weight is 236 g/mol. The Morgan fingerprint density at radius 1 is 1.60 bits per heavy atom. The molecule has 0 atom stereocenters. The van der Waals surface area contributed by atoms with Crippen molar-refractivity contribution in [3.63, 3.8) is 0 Å². The molecule has 6 heteroatoms. The Kier molecular flexibility index (Phi) is 3.57. The van der Waals surface area contributed by atoms with E-state index in [9.17, 15) is 13.6 Å². The van der Waals surface area contributed by atoms with Crippen LogP contribution in [0.4, 0.5) is 8.78 Å². The Morgan fingerprint density at radius 2 is 2.20 bits per heavy atom. The van der Waals surface area contributed by atoms with Crippen molar-refractivity contribution in [3.05, 3.63) is 28.0 Å². The molecule has 0 aliphatic rings. The van der Waals surface area contributed by atoms with Gasteiger partial charge in [0.05, 0.1) is 7.11 Å². The molecule has 0 unspecified atom stereocenters. The SMILES string of the molecule is COC(=O)c1cc(Cl)c(C)c(C(F)F)n1. The summed E-state index contributed by atoms with van der Waals surface area (Å²) >= 11 is 5.68. The zero-order valence-electron chi connectivity index (χ0n) is 8.05. The molecule has 0 bridgehead atoms. The van der Waals surface area contributed by atoms with Gasteiger partial charge < -0.3 is 4.74 Å². The minimum atomic E-state index is -2.77. The fourth-order valence-corrected chi connectivity index (χ4v) is 1.22. The number of nitrogens with zero attached hydrogens (tertiary/aromatic N) is 1. The van der Waals surface area contributed by atoms with E-state index in [-0.39, 0.29) is 16.3 Å². The maximum Gasteiger partial charge on any atom is 0.356 e. The average Bonchev–Trinajstić information content (AvgIpc) is 2.20. The molecule has 3 nitrogen and oxygen atoms in total. The lowest BCUT2D eigenvalue weighted by atomic mass is 10.2. The summed E-state index contributed by atoms with van der Waals surface area (Å²) in [6, 6.07) is 1.20. The molecule has 0 saturated heterocycles. The third-order valence-electron chi connectivity index (χ3n) is 1.85. The molecule has 0 aliphatic carbocycles. The standard InChI is InChI=1S/C9H8ClF2NO2/c1-4-5(10)3-6(9(14)15-2)13-7(4)8(11)12/h3,8H,1-2H3. The molecule has 0 spiro atoms. The Hall–Kier alpha value is -1.23. The van der Waals surface area contributed by atoms with Crippen molar-refractivity contribution in [1.82, 2.24) is 4.98 Å². The summed E-state index contributed by atoms with van der Waals surface area (Å²) in [5, 5.41) is 0.0701. The summed E-state index contributed by atoms with van der Waals surface area (Å²) in [6.45, 7) is 1.41. The highest BCUT2D eigenvalue weighted by Gasteiger charge is 2.19. The number of halogens is 3. The molecule has 82 valence electrons. The monoisotopic (exact) mass is 235 g/mol. The summed E-state index contributed by atoms with van der Waals surface area (Å²) in [4.78, 5) is 14.6. The summed E-state index contributed by atoms with van der Waals surface area (Å²) in [7, 11) is 1.14. The fraction of sp³-hybridized carbons (Fsp3) is 0.333. The first kappa shape index (κ1) is 11.8. The Morgan fingerprint density at radius 3 is 2.67 bits per heavy atom. The number of hydrogen-bond acceptors (Lipinski definition) is 3. The van der Waals surface area contributed by atoms with Gasteiger partial charge in [-0.05, 0) is 18.6 Å². The molecular formula is C9H8ClF2NO2. The van der Waals surface area contributed by atoms with Crippen LogP contribution < -0.4 is 0 Å². The topological polar surface area (TPSA) is 39.2 Å². The summed E-state index contributed by atoms with van der Waals surface area (Å²) in [5.41, 5.74) is -0.550. The van der Waals surface area contributed by atoms with Crippen molar-refractivity contribution >= 4 is 17.6 Å². The van der Waals surface area contributed by atoms with E-state index in [1.54, 1.807) is 0 Å². The molecule has 0 radical (unpaired) electrons. The molecule has 0 amide bonds. The second kappa shape index (κ2) is 4.53. The Labute approximate surface area is 90.0 Å². The number of methoxy groups -OCH3 is 1. The zero-order valence-corrected chi connectivity index (χ0v) is 8.81. The highest BCUT2D eigenvalue weighted by molar-refractivity contribution is 6.31. The van der Waals surface area contributed by atoms with Crippen LogP contribution in [-0.4, -0.2) is 18.1 Å². The van der Waals surface area contributed by atoms with Crippen molar-refractivity contribution in [2.45, 2.75) is 13.3 Å². The summed E-state index contributed by atoms with van der Waals surface area (Å²) < 4.78 is 29.3. The van der Waals surface area contributed by atoms with Crippen LogP contribution in [0.25, 0.3) is 0 Å². The van der Waals surface area contributed by atoms with Gasteiger partial charge in [-0.25, -0.2) is 18.6 Å². The van der Waals surface area contributed by atoms with Crippen LogP contribution >= 0.6 is 11.6 Å². The summed E-state index contributed by atoms with van der Waals surface area (Å²) in [6.07, 6.45) is -2.77. The molecule has 0 fully saturated rings. The lowest BCUT2D eigenvalue weighted by Gasteiger charge is -2.07. The number of pyridine rings is 1. The number of ether oxygens (including phenoxy) is 1. The lowest BCUT2D eigenvalue weighted by molar-refractivity contribution is 0.0592. The predicted molar refractivity (Wildman–Crippen MR) is 50.3 cm³/mol. The third kappa shape index (κ3) is 2.41. The van der Waals surface area contributed by atoms with Crippen LogP contribution in [0.5, 0.6) is 0 Å². The van der Waals surface area contributed by atoms with Crippen LogP contribution in [0.1, 0.15) is 28.2 Å². The van der Waals surface area contributed by atoms with E-state index in [0.717, 1.165) is 7.11 Å². The number of esters is 1. The molecule has 0 aromatic carbocycles. The number of hydrogen-bond donors (Lipinski definition) is 0. The fourth-order valence-electron chi connectivity index (χ4n) is 1.02. The van der Waals surface area contributed by atoms with Crippen LogP contribution in [-0.2, 0) is 4.74 Å². The molecule has 1 aromatic rings. The normalized spacial score (nSPS) is 10.5. The van der Waals surface area contributed by atoms with Crippen LogP contribution in [0.15, 0.2) is 6.07 Å². The van der Waals surface area contributed by atoms with E-state index in [0.29, 0.717) is 0 Å². The highest BCUT2D eigenvalue weighted by atomic mass is 35.5. The van der Waals surface area contributed by atoms with Crippen LogP contribution in [0, 0.1) is 6.92 Å². The second-order valence-corrected chi connectivity index (χ2v) is 3.20. The molecular weight excluding hydrogens is 228 g/mol. The van der Waals surface area contributed by atoms with Crippen molar-refractivity contribution in [2.24, 2.45) is 0 Å². The van der Waals surface area contributed by atoms with Gasteiger partial charge in [0, 0.05) is 5.02 Å². The van der Waals surface area contributed by atoms with Crippen molar-refractivity contribution in [1.29, 1.82) is 0 Å². The van der Waals surface area contributed by atoms with Gasteiger partial charge in [-0.2, -0.15) is 0 Å². The lowest BCUT2D eigenvalue weighted by Crippen LogP contribution is -2.08. The highest BCUT2D eigenvalue weighted by Crippen LogP contribution is 2.26. The molecule has 0 aliphatic heterocycles. The van der Waals surface area contributed by atoms with Crippen molar-refractivity contribution < 1.29 is 18.3 Å². The van der Waals surface area contributed by atoms with E-state index in [4.69, 9.17) is 11.6 Å². The molecule has 1 aromatic heterocycles. The first-order chi connectivity index (χ1) is 6.97. The molecule has 1 heterocycles. The largest absolute Gasteiger partial charge is 0.464 e. The molecule has 15 heavy (non-hydrogen) atoms. The van der Waals surface area contributed by atoms with Crippen molar-refractivity contribution in [2.75, 3.05) is 7.11 Å². The quantitative estimate of drug-likeness (QED) is 0.740. The predicted octanol–water partition coefficient (Wildman–Crippen LogP) is 2.77. The first-order valence-electron chi connectivity index (χ1n) is 4.01. The third-order valence-corrected chi connectivity index (χ3v) is 2.24. The van der Waals surface area contributed by atoms with Gasteiger partial charge in [0.2, 0.25) is 0 Å². The minimum absolute atomic E-state index is 0.0701. The van der Waals surface area contributed by atoms with Crippen LogP contribution in [0.2, 0.25) is 5.02 Å². The van der Waals surface area contributed by atoms with E-state index < -0.39 is 18.1 Å². The number of rotatable bonds is 2. The molecule has 1 rings (SSSR count). The van der Waals surface area contributed by atoms with E-state index >= 15 is 0 Å². The van der Waals surface area contributed by atoms with E-state index in [2.05, 4.69) is 9.72 Å². The Balaban J connectivity index is 3.29. The first-order valence-corrected chi connectivity index (χ1v) is 4.38. The number of alkyl halides is 2. The summed E-state index contributed by atoms with van der Waals surface area (Å²) in [5.74, 6) is -0.793. The van der Waals surface area contributed by atoms with Gasteiger partial charge in [-0.3, -0.25) is 0 Å². The number of aromatic nitrogens is 1. The number of carbonyl (C=O) groups is 1. The maximum atomic E-state index is 12.5. The molecule has 0 N–H and O–H groups in total. The van der Waals surface area contributed by atoms with Gasteiger partial charge >= 0.3 is 5.97 Å². The van der Waals surface area contributed by atoms with E-state index in [1.165, 1.54) is 13.0 Å². The minimum Gasteiger partial charge on any atom is -0.464 e. The van der Waals surface area contributed by atoms with Gasteiger partial charge in [0.15, 0.2) is 0 Å². The second-order valence-electron chi connectivity index (χ2n) is 2.79.